The summed E-state index contributed by atoms with van der Waals surface area (Å²) in [5.41, 5.74) is 1.97. The highest BCUT2D eigenvalue weighted by molar-refractivity contribution is 5.90. The highest BCUT2D eigenvalue weighted by atomic mass is 16.5. The Labute approximate surface area is 111 Å². The van der Waals surface area contributed by atoms with Crippen molar-refractivity contribution in [2.45, 2.75) is 0 Å². The number of hydrogen-bond acceptors (Lipinski definition) is 3. The molecule has 19 heavy (non-hydrogen) atoms. The van der Waals surface area contributed by atoms with Gasteiger partial charge in [-0.2, -0.15) is 0 Å². The zero-order valence-corrected chi connectivity index (χ0v) is 10.7. The second-order valence-corrected chi connectivity index (χ2v) is 3.74. The van der Waals surface area contributed by atoms with Gasteiger partial charge in [0.1, 0.15) is 5.75 Å². The van der Waals surface area contributed by atoms with Crippen LogP contribution in [0.1, 0.15) is 21.6 Å². The Morgan fingerprint density at radius 2 is 2.05 bits per heavy atom. The van der Waals surface area contributed by atoms with Crippen LogP contribution in [-0.4, -0.2) is 25.2 Å². The van der Waals surface area contributed by atoms with Crippen LogP contribution >= 0.6 is 0 Å². The van der Waals surface area contributed by atoms with E-state index in [2.05, 4.69) is 21.6 Å². The number of esters is 1. The minimum absolute atomic E-state index is 0.401. The van der Waals surface area contributed by atoms with Gasteiger partial charge in [-0.3, -0.25) is 0 Å². The molecule has 1 aromatic carbocycles. The lowest BCUT2D eigenvalue weighted by Gasteiger charge is -2.05. The predicted molar refractivity (Wildman–Crippen MR) is 71.1 cm³/mol. The van der Waals surface area contributed by atoms with Crippen LogP contribution < -0.4 is 4.74 Å². The number of benzene rings is 1. The summed E-state index contributed by atoms with van der Waals surface area (Å²) >= 11 is 0. The maximum Gasteiger partial charge on any atom is 0.337 e. The van der Waals surface area contributed by atoms with Crippen molar-refractivity contribution in [3.05, 3.63) is 53.3 Å². The first kappa shape index (κ1) is 12.8. The lowest BCUT2D eigenvalue weighted by molar-refractivity contribution is 0.0600. The van der Waals surface area contributed by atoms with Gasteiger partial charge in [-0.15, -0.1) is 0 Å². The zero-order chi connectivity index (χ0) is 13.7. The van der Waals surface area contributed by atoms with Crippen LogP contribution in [0, 0.1) is 11.8 Å². The molecule has 0 aliphatic heterocycles. The Balaban J connectivity index is 2.33. The maximum atomic E-state index is 11.4. The van der Waals surface area contributed by atoms with Gasteiger partial charge in [0.05, 0.1) is 31.0 Å². The van der Waals surface area contributed by atoms with Crippen molar-refractivity contribution in [1.29, 1.82) is 0 Å². The van der Waals surface area contributed by atoms with E-state index in [1.165, 1.54) is 14.2 Å². The van der Waals surface area contributed by atoms with Gasteiger partial charge in [-0.1, -0.05) is 5.92 Å². The third-order valence-corrected chi connectivity index (χ3v) is 2.55. The van der Waals surface area contributed by atoms with E-state index < -0.39 is 5.97 Å². The molecule has 1 heterocycles. The van der Waals surface area contributed by atoms with E-state index in [0.717, 1.165) is 5.69 Å². The van der Waals surface area contributed by atoms with Crippen molar-refractivity contribution in [2.24, 2.45) is 0 Å². The third-order valence-electron chi connectivity index (χ3n) is 2.55. The van der Waals surface area contributed by atoms with Gasteiger partial charge in [0.15, 0.2) is 0 Å². The Kier molecular flexibility index (Phi) is 3.89. The number of nitrogens with one attached hydrogen (secondary N) is 1. The molecule has 0 fully saturated rings. The van der Waals surface area contributed by atoms with Crippen molar-refractivity contribution in [1.82, 2.24) is 4.98 Å². The fourth-order valence-corrected chi connectivity index (χ4v) is 1.58. The molecule has 0 amide bonds. The Bertz CT molecular complexity index is 633. The summed E-state index contributed by atoms with van der Waals surface area (Å²) < 4.78 is 9.89. The first-order chi connectivity index (χ1) is 9.24. The monoisotopic (exact) mass is 255 g/mol. The number of hydrogen-bond donors (Lipinski definition) is 1. The van der Waals surface area contributed by atoms with Crippen LogP contribution in [0.4, 0.5) is 0 Å². The van der Waals surface area contributed by atoms with Crippen molar-refractivity contribution < 1.29 is 14.3 Å². The van der Waals surface area contributed by atoms with E-state index in [0.29, 0.717) is 16.9 Å². The maximum absolute atomic E-state index is 11.4. The first-order valence-corrected chi connectivity index (χ1v) is 5.66. The van der Waals surface area contributed by atoms with E-state index in [4.69, 9.17) is 4.74 Å². The van der Waals surface area contributed by atoms with Crippen LogP contribution in [0.2, 0.25) is 0 Å². The molecular weight excluding hydrogens is 242 g/mol. The Morgan fingerprint density at radius 3 is 2.68 bits per heavy atom. The summed E-state index contributed by atoms with van der Waals surface area (Å²) in [4.78, 5) is 14.4. The fraction of sp³-hybridized carbons (Fsp3) is 0.133. The molecule has 0 saturated heterocycles. The fourth-order valence-electron chi connectivity index (χ4n) is 1.58. The molecule has 1 aromatic heterocycles. The van der Waals surface area contributed by atoms with E-state index in [1.807, 2.05) is 18.3 Å². The average Bonchev–Trinajstić information content (AvgIpc) is 2.97. The molecular formula is C15H13NO3. The molecule has 0 aliphatic carbocycles. The molecule has 0 saturated carbocycles. The van der Waals surface area contributed by atoms with Gasteiger partial charge in [0.25, 0.3) is 0 Å². The second-order valence-electron chi connectivity index (χ2n) is 3.74. The molecule has 4 nitrogen and oxygen atoms in total. The van der Waals surface area contributed by atoms with Crippen LogP contribution in [0.5, 0.6) is 5.75 Å². The number of rotatable bonds is 2. The van der Waals surface area contributed by atoms with Crippen molar-refractivity contribution in [3.63, 3.8) is 0 Å². The SMILES string of the molecule is COC(=O)c1ccc(C#Cc2ccc[nH]2)c(OC)c1. The molecule has 0 aliphatic rings. The summed E-state index contributed by atoms with van der Waals surface area (Å²) in [5, 5.41) is 0. The highest BCUT2D eigenvalue weighted by Crippen LogP contribution is 2.19. The van der Waals surface area contributed by atoms with E-state index in [1.54, 1.807) is 18.2 Å². The summed E-state index contributed by atoms with van der Waals surface area (Å²) in [7, 11) is 2.88. The topological polar surface area (TPSA) is 51.3 Å². The second kappa shape index (κ2) is 5.78. The van der Waals surface area contributed by atoms with Gasteiger partial charge in [0, 0.05) is 6.20 Å². The van der Waals surface area contributed by atoms with Crippen LogP contribution in [-0.2, 0) is 4.74 Å². The van der Waals surface area contributed by atoms with Crippen LogP contribution in [0.3, 0.4) is 0 Å². The van der Waals surface area contributed by atoms with Crippen LogP contribution in [0.25, 0.3) is 0 Å². The summed E-state index contributed by atoms with van der Waals surface area (Å²) in [6, 6.07) is 8.77. The molecule has 2 rings (SSSR count). The minimum Gasteiger partial charge on any atom is -0.495 e. The van der Waals surface area contributed by atoms with E-state index in [9.17, 15) is 4.79 Å². The van der Waals surface area contributed by atoms with Crippen molar-refractivity contribution >= 4 is 5.97 Å². The van der Waals surface area contributed by atoms with Gasteiger partial charge in [-0.05, 0) is 36.3 Å². The lowest BCUT2D eigenvalue weighted by atomic mass is 10.1. The molecule has 2 aromatic rings. The molecule has 0 unspecified atom stereocenters. The number of carbonyl (C=O) groups is 1. The highest BCUT2D eigenvalue weighted by Gasteiger charge is 2.09. The molecule has 0 bridgehead atoms. The number of aromatic amines is 1. The number of ether oxygens (including phenoxy) is 2. The van der Waals surface area contributed by atoms with Gasteiger partial charge < -0.3 is 14.5 Å². The number of H-pyrrole nitrogens is 1. The average molecular weight is 255 g/mol. The number of carbonyl (C=O) groups excluding carboxylic acids is 1. The molecule has 0 atom stereocenters. The normalized spacial score (nSPS) is 9.37. The van der Waals surface area contributed by atoms with Gasteiger partial charge >= 0.3 is 5.97 Å². The third kappa shape index (κ3) is 2.96. The van der Waals surface area contributed by atoms with Crippen LogP contribution in [0.15, 0.2) is 36.5 Å². The Hall–Kier alpha value is -2.67. The molecule has 1 N–H and O–H groups in total. The molecule has 0 radical (unpaired) electrons. The largest absolute Gasteiger partial charge is 0.495 e. The van der Waals surface area contributed by atoms with E-state index >= 15 is 0 Å². The predicted octanol–water partition coefficient (Wildman–Crippen LogP) is 2.21. The number of methoxy groups -OCH3 is 2. The smallest absolute Gasteiger partial charge is 0.337 e. The minimum atomic E-state index is -0.401. The number of aromatic nitrogens is 1. The van der Waals surface area contributed by atoms with Gasteiger partial charge in [0.2, 0.25) is 0 Å². The lowest BCUT2D eigenvalue weighted by Crippen LogP contribution is -2.02. The molecule has 96 valence electrons. The quantitative estimate of drug-likeness (QED) is 0.661. The molecule has 4 heteroatoms. The van der Waals surface area contributed by atoms with E-state index in [-0.39, 0.29) is 0 Å². The summed E-state index contributed by atoms with van der Waals surface area (Å²) in [6.45, 7) is 0. The van der Waals surface area contributed by atoms with Crippen molar-refractivity contribution in [2.75, 3.05) is 14.2 Å². The van der Waals surface area contributed by atoms with Gasteiger partial charge in [-0.25, -0.2) is 4.79 Å². The first-order valence-electron chi connectivity index (χ1n) is 5.66. The summed E-state index contributed by atoms with van der Waals surface area (Å²) in [5.74, 6) is 6.11. The zero-order valence-electron chi connectivity index (χ0n) is 10.7. The standard InChI is InChI=1S/C15H13NO3/c1-18-14-10-12(15(17)19-2)6-5-11(14)7-8-13-4-3-9-16-13/h3-6,9-10,16H,1-2H3. The van der Waals surface area contributed by atoms with Crippen molar-refractivity contribution in [3.8, 4) is 17.6 Å². The Morgan fingerprint density at radius 1 is 1.21 bits per heavy atom. The molecule has 0 spiro atoms. The summed E-state index contributed by atoms with van der Waals surface area (Å²) in [6.07, 6.45) is 1.81.